The zero-order valence-corrected chi connectivity index (χ0v) is 26.9. The lowest BCUT2D eigenvalue weighted by Crippen LogP contribution is -2.56. The number of aromatic nitrogens is 2. The minimum absolute atomic E-state index is 0.0621. The number of imidazole rings is 1. The molecule has 1 aromatic heterocycles. The number of hydrogen-bond donors (Lipinski definition) is 10. The molecule has 1 heterocycles. The van der Waals surface area contributed by atoms with E-state index in [9.17, 15) is 28.8 Å². The largest absolute Gasteiger partial charge is 0.370 e. The van der Waals surface area contributed by atoms with Crippen molar-refractivity contribution in [1.82, 2.24) is 41.5 Å². The molecule has 2 rings (SSSR count). The van der Waals surface area contributed by atoms with Crippen LogP contribution in [0.3, 0.4) is 0 Å². The Morgan fingerprint density at radius 1 is 1.09 bits per heavy atom. The molecule has 5 amide bonds. The van der Waals surface area contributed by atoms with Gasteiger partial charge in [0.25, 0.3) is 0 Å². The minimum Gasteiger partial charge on any atom is -0.370 e. The van der Waals surface area contributed by atoms with Crippen molar-refractivity contribution in [3.63, 3.8) is 0 Å². The number of rotatable bonds is 19. The van der Waals surface area contributed by atoms with E-state index in [0.717, 1.165) is 32.1 Å². The fourth-order valence-corrected chi connectivity index (χ4v) is 5.24. The summed E-state index contributed by atoms with van der Waals surface area (Å²) in [4.78, 5) is 83.5. The van der Waals surface area contributed by atoms with Crippen LogP contribution >= 0.6 is 12.6 Å². The van der Waals surface area contributed by atoms with Crippen molar-refractivity contribution in [2.45, 2.75) is 88.5 Å². The van der Waals surface area contributed by atoms with Crippen molar-refractivity contribution in [2.75, 3.05) is 25.4 Å². The lowest BCUT2D eigenvalue weighted by Gasteiger charge is -2.38. The molecule has 4 atom stereocenters. The predicted molar refractivity (Wildman–Crippen MR) is 172 cm³/mol. The smallest absolute Gasteiger partial charge is 0.244 e. The normalized spacial score (nSPS) is 15.7. The molecular formula is C28H46N11O6S. The van der Waals surface area contributed by atoms with Crippen LogP contribution in [-0.2, 0) is 35.2 Å². The minimum atomic E-state index is -1.07. The summed E-state index contributed by atoms with van der Waals surface area (Å²) in [5, 5.41) is 19.8. The van der Waals surface area contributed by atoms with E-state index in [1.807, 2.05) is 6.29 Å². The molecule has 1 radical (unpaired) electrons. The van der Waals surface area contributed by atoms with E-state index in [2.05, 4.69) is 49.2 Å². The molecule has 17 nitrogen and oxygen atoms in total. The summed E-state index contributed by atoms with van der Waals surface area (Å²) < 4.78 is 0. The van der Waals surface area contributed by atoms with Gasteiger partial charge in [0, 0.05) is 31.0 Å². The first kappa shape index (κ1) is 38.0. The summed E-state index contributed by atoms with van der Waals surface area (Å²) >= 11 is 4.11. The van der Waals surface area contributed by atoms with E-state index >= 15 is 0 Å². The number of guanidine groups is 1. The Morgan fingerprint density at radius 2 is 1.80 bits per heavy atom. The summed E-state index contributed by atoms with van der Waals surface area (Å²) in [5.74, 6) is -3.27. The van der Waals surface area contributed by atoms with Gasteiger partial charge in [-0.2, -0.15) is 12.6 Å². The van der Waals surface area contributed by atoms with Crippen LogP contribution in [0, 0.1) is 5.41 Å². The van der Waals surface area contributed by atoms with Crippen LogP contribution < -0.4 is 38.1 Å². The number of thiol groups is 1. The number of nitrogens with two attached hydrogens (primary N) is 2. The van der Waals surface area contributed by atoms with Crippen molar-refractivity contribution >= 4 is 54.4 Å². The molecular weight excluding hydrogens is 618 g/mol. The first-order valence-corrected chi connectivity index (χ1v) is 15.9. The Labute approximate surface area is 273 Å². The highest BCUT2D eigenvalue weighted by molar-refractivity contribution is 7.80. The van der Waals surface area contributed by atoms with Gasteiger partial charge in [-0.3, -0.25) is 34.2 Å². The molecule has 18 heteroatoms. The van der Waals surface area contributed by atoms with Crippen molar-refractivity contribution in [3.8, 4) is 0 Å². The number of aromatic amines is 1. The van der Waals surface area contributed by atoms with Crippen LogP contribution in [0.25, 0.3) is 0 Å². The van der Waals surface area contributed by atoms with E-state index in [1.54, 1.807) is 6.20 Å². The monoisotopic (exact) mass is 664 g/mol. The van der Waals surface area contributed by atoms with E-state index in [1.165, 1.54) is 18.2 Å². The van der Waals surface area contributed by atoms with Crippen molar-refractivity contribution in [2.24, 2.45) is 11.5 Å². The number of carbonyl (C=O) groups excluding carboxylic acids is 6. The third-order valence-corrected chi connectivity index (χ3v) is 7.81. The Bertz CT molecular complexity index is 1180. The molecule has 1 aliphatic carbocycles. The molecule has 0 aromatic carbocycles. The van der Waals surface area contributed by atoms with E-state index in [4.69, 9.17) is 16.9 Å². The number of carbonyl (C=O) groups is 5. The molecule has 255 valence electrons. The lowest BCUT2D eigenvalue weighted by molar-refractivity contribution is -0.136. The first-order valence-electron chi connectivity index (χ1n) is 15.2. The number of nitrogens with zero attached hydrogens (tertiary/aromatic N) is 2. The van der Waals surface area contributed by atoms with Crippen LogP contribution in [0.15, 0.2) is 12.5 Å². The topological polar surface area (TPSA) is 270 Å². The number of hydrogen-bond acceptors (Lipinski definition) is 10. The fraction of sp³-hybridized carbons (Fsp3) is 0.643. The molecule has 1 fully saturated rings. The molecule has 46 heavy (non-hydrogen) atoms. The maximum Gasteiger partial charge on any atom is 0.244 e. The van der Waals surface area contributed by atoms with Gasteiger partial charge < -0.3 is 47.9 Å². The average molecular weight is 665 g/mol. The highest BCUT2D eigenvalue weighted by Crippen LogP contribution is 2.25. The summed E-state index contributed by atoms with van der Waals surface area (Å²) in [5.41, 5.74) is 11.8. The second-order valence-electron chi connectivity index (χ2n) is 11.0. The van der Waals surface area contributed by atoms with Gasteiger partial charge in [0.15, 0.2) is 5.96 Å². The van der Waals surface area contributed by atoms with Gasteiger partial charge in [-0.25, -0.2) is 4.98 Å². The molecule has 0 bridgehead atoms. The maximum absolute atomic E-state index is 13.2. The van der Waals surface area contributed by atoms with Gasteiger partial charge >= 0.3 is 0 Å². The maximum atomic E-state index is 13.2. The number of amides is 5. The molecule has 11 N–H and O–H groups in total. The fourth-order valence-electron chi connectivity index (χ4n) is 4.99. The average Bonchev–Trinajstić information content (AvgIpc) is 3.55. The lowest BCUT2D eigenvalue weighted by atomic mass is 9.92. The van der Waals surface area contributed by atoms with Crippen LogP contribution in [0.4, 0.5) is 0 Å². The van der Waals surface area contributed by atoms with Gasteiger partial charge in [-0.05, 0) is 32.6 Å². The molecule has 0 aliphatic heterocycles. The summed E-state index contributed by atoms with van der Waals surface area (Å²) in [6.07, 6.45) is 10.3. The van der Waals surface area contributed by atoms with Crippen molar-refractivity contribution in [1.29, 1.82) is 5.41 Å². The third-order valence-electron chi connectivity index (χ3n) is 7.45. The van der Waals surface area contributed by atoms with Gasteiger partial charge in [0.05, 0.1) is 37.2 Å². The van der Waals surface area contributed by atoms with Gasteiger partial charge in [-0.15, -0.1) is 0 Å². The van der Waals surface area contributed by atoms with Crippen LogP contribution in [0.5, 0.6) is 0 Å². The predicted octanol–water partition coefficient (Wildman–Crippen LogP) is -2.67. The molecule has 1 aromatic rings. The number of H-pyrrole nitrogens is 1. The van der Waals surface area contributed by atoms with Crippen LogP contribution in [-0.4, -0.2) is 112 Å². The Kier molecular flexibility index (Phi) is 16.6. The van der Waals surface area contributed by atoms with Crippen LogP contribution in [0.1, 0.15) is 57.6 Å². The van der Waals surface area contributed by atoms with Crippen molar-refractivity contribution < 1.29 is 28.8 Å². The zero-order chi connectivity index (χ0) is 34.1. The second-order valence-corrected chi connectivity index (χ2v) is 11.4. The Morgan fingerprint density at radius 3 is 2.41 bits per heavy atom. The Hall–Kier alpha value is -4.19. The van der Waals surface area contributed by atoms with Gasteiger partial charge in [-0.1, -0.05) is 19.3 Å². The van der Waals surface area contributed by atoms with Crippen molar-refractivity contribution in [3.05, 3.63) is 18.2 Å². The van der Waals surface area contributed by atoms with E-state index in [-0.39, 0.29) is 30.7 Å². The standard InChI is InChI=1S/C28H46N11O6S/c1-17(37-27(45)22(15-46)38-26(44)21(29)10-18-11-32-16-36-18)25(43)35-12-23(41)34-13-24(42)39(19-6-3-2-4-7-19)20(14-40)8-5-9-33-28(30)31/h11,16-17,19-22,46H,2-10,12-13,15,29H2,1H3,(H,32,36)(H,34,41)(H,35,43)(H,37,45)(H,38,44)(H4,30,31,33)/t17-,20-,21-,22-/m0/s1. The molecule has 1 aliphatic rings. The van der Waals surface area contributed by atoms with Gasteiger partial charge in [0.1, 0.15) is 12.1 Å². The second kappa shape index (κ2) is 20.0. The SMILES string of the molecule is C[C@H](NC(=O)[C@H](CS)NC(=O)[C@@H](N)Cc1c[nH]cn1)C(=O)NCC(=O)NCC(=O)N(C1CCCCC1)[C@H]([C]=O)CCCNC(=N)N. The van der Waals surface area contributed by atoms with Crippen LogP contribution in [0.2, 0.25) is 0 Å². The number of nitrogens with one attached hydrogen (secondary N) is 7. The van der Waals surface area contributed by atoms with E-state index in [0.29, 0.717) is 25.1 Å². The highest BCUT2D eigenvalue weighted by Gasteiger charge is 2.32. The van der Waals surface area contributed by atoms with Gasteiger partial charge in [0.2, 0.25) is 35.8 Å². The summed E-state index contributed by atoms with van der Waals surface area (Å²) in [6, 6.07) is -4.08. The molecule has 0 unspecified atom stereocenters. The molecule has 1 saturated carbocycles. The first-order chi connectivity index (χ1) is 22.0. The quantitative estimate of drug-likeness (QED) is 0.0317. The molecule has 0 saturated heterocycles. The van der Waals surface area contributed by atoms with E-state index < -0.39 is 60.2 Å². The highest BCUT2D eigenvalue weighted by atomic mass is 32.1. The Balaban J connectivity index is 1.83. The summed E-state index contributed by atoms with van der Waals surface area (Å²) in [7, 11) is 0. The third kappa shape index (κ3) is 13.0. The summed E-state index contributed by atoms with van der Waals surface area (Å²) in [6.45, 7) is 0.914. The zero-order valence-electron chi connectivity index (χ0n) is 26.0. The molecule has 0 spiro atoms.